The predicted molar refractivity (Wildman–Crippen MR) is 124 cm³/mol. The van der Waals surface area contributed by atoms with Crippen LogP contribution >= 0.6 is 11.6 Å². The monoisotopic (exact) mass is 485 g/mol. The van der Waals surface area contributed by atoms with E-state index in [0.717, 1.165) is 43.4 Å². The molecule has 2 amide bonds. The van der Waals surface area contributed by atoms with E-state index in [1.165, 1.54) is 6.07 Å². The molecule has 1 aliphatic heterocycles. The van der Waals surface area contributed by atoms with Crippen molar-refractivity contribution in [3.05, 3.63) is 46.4 Å². The highest BCUT2D eigenvalue weighted by atomic mass is 35.5. The third kappa shape index (κ3) is 4.79. The van der Waals surface area contributed by atoms with E-state index in [2.05, 4.69) is 41.0 Å². The van der Waals surface area contributed by atoms with E-state index in [1.54, 1.807) is 12.3 Å². The fourth-order valence-electron chi connectivity index (χ4n) is 4.41. The van der Waals surface area contributed by atoms with Crippen LogP contribution in [0.15, 0.2) is 24.4 Å². The molecule has 0 unspecified atom stereocenters. The van der Waals surface area contributed by atoms with Gasteiger partial charge in [0.1, 0.15) is 5.82 Å². The minimum absolute atomic E-state index is 0.0236. The molecule has 1 aliphatic carbocycles. The van der Waals surface area contributed by atoms with Gasteiger partial charge in [-0.1, -0.05) is 11.6 Å². The van der Waals surface area contributed by atoms with E-state index in [0.29, 0.717) is 28.8 Å². The Morgan fingerprint density at radius 1 is 1.26 bits per heavy atom. The number of anilines is 1. The summed E-state index contributed by atoms with van der Waals surface area (Å²) in [6.45, 7) is 3.39. The molecule has 1 atom stereocenters. The smallest absolute Gasteiger partial charge is 0.318 e. The molecule has 3 aromatic rings. The first kappa shape index (κ1) is 22.5. The number of urea groups is 1. The quantitative estimate of drug-likeness (QED) is 0.551. The van der Waals surface area contributed by atoms with E-state index >= 15 is 0 Å². The second kappa shape index (κ2) is 9.49. The van der Waals surface area contributed by atoms with Crippen LogP contribution in [0.4, 0.5) is 15.0 Å². The molecular weight excluding hydrogens is 461 g/mol. The highest BCUT2D eigenvalue weighted by Gasteiger charge is 2.39. The maximum Gasteiger partial charge on any atom is 0.318 e. The van der Waals surface area contributed by atoms with E-state index in [-0.39, 0.29) is 24.7 Å². The lowest BCUT2D eigenvalue weighted by molar-refractivity contribution is 0.160. The van der Waals surface area contributed by atoms with Gasteiger partial charge in [0.25, 0.3) is 0 Å². The number of hydrogen-bond acceptors (Lipinski definition) is 7. The average molecular weight is 486 g/mol. The molecule has 2 aromatic heterocycles. The number of amides is 2. The summed E-state index contributed by atoms with van der Waals surface area (Å²) in [5, 5.41) is 25.6. The van der Waals surface area contributed by atoms with Gasteiger partial charge >= 0.3 is 6.03 Å². The Morgan fingerprint density at radius 2 is 2.12 bits per heavy atom. The number of tetrazole rings is 1. The van der Waals surface area contributed by atoms with Crippen LogP contribution in [0.1, 0.15) is 36.8 Å². The van der Waals surface area contributed by atoms with Crippen LogP contribution in [0, 0.1) is 12.7 Å². The van der Waals surface area contributed by atoms with E-state index in [4.69, 9.17) is 11.6 Å². The number of aromatic nitrogens is 6. The number of benzene rings is 1. The Kier molecular flexibility index (Phi) is 6.27. The lowest BCUT2D eigenvalue weighted by Gasteiger charge is -2.40. The molecule has 5 rings (SSSR count). The molecule has 2 aliphatic rings. The van der Waals surface area contributed by atoms with Crippen molar-refractivity contribution < 1.29 is 9.18 Å². The van der Waals surface area contributed by atoms with Crippen LogP contribution in [-0.4, -0.2) is 66.9 Å². The number of H-pyrrole nitrogens is 1. The SMILES string of the molecule is Cc1cc(CNC(=O)N(C2CC2)[C@@H]2CCCN(c3cc(-c4nnn[nH]4)cnn3)C2)c(F)cc1Cl. The van der Waals surface area contributed by atoms with Crippen LogP contribution in [0.2, 0.25) is 5.02 Å². The zero-order valence-corrected chi connectivity index (χ0v) is 19.5. The number of nitrogens with zero attached hydrogens (tertiary/aromatic N) is 7. The van der Waals surface area contributed by atoms with Crippen molar-refractivity contribution in [2.75, 3.05) is 18.0 Å². The molecule has 0 spiro atoms. The first-order valence-electron chi connectivity index (χ1n) is 11.3. The molecule has 0 bridgehead atoms. The molecule has 10 nitrogen and oxygen atoms in total. The molecule has 34 heavy (non-hydrogen) atoms. The summed E-state index contributed by atoms with van der Waals surface area (Å²) in [5.41, 5.74) is 1.94. The standard InChI is InChI=1S/C22H25ClFN9O/c1-13-7-14(19(24)9-18(13)23)10-25-22(34)33(16-4-5-16)17-3-2-6-32(12-17)20-8-15(11-26-27-20)21-28-30-31-29-21/h7-9,11,16-17H,2-6,10,12H2,1H3,(H,25,34)(H,28,29,30,31)/t17-/m1/s1. The Bertz CT molecular complexity index is 1170. The van der Waals surface area contributed by atoms with Crippen molar-refractivity contribution in [3.63, 3.8) is 0 Å². The number of aryl methyl sites for hydroxylation is 1. The van der Waals surface area contributed by atoms with Crippen LogP contribution in [0.5, 0.6) is 0 Å². The zero-order chi connectivity index (χ0) is 23.7. The number of nitrogens with one attached hydrogen (secondary N) is 2. The number of carbonyl (C=O) groups is 1. The lowest BCUT2D eigenvalue weighted by atomic mass is 10.0. The highest BCUT2D eigenvalue weighted by molar-refractivity contribution is 6.31. The number of piperidine rings is 1. The maximum absolute atomic E-state index is 14.3. The summed E-state index contributed by atoms with van der Waals surface area (Å²) in [4.78, 5) is 17.3. The summed E-state index contributed by atoms with van der Waals surface area (Å²) in [6, 6.07) is 4.92. The second-order valence-electron chi connectivity index (χ2n) is 8.78. The van der Waals surface area contributed by atoms with E-state index in [9.17, 15) is 9.18 Å². The molecule has 12 heteroatoms. The molecule has 1 saturated carbocycles. The largest absolute Gasteiger partial charge is 0.353 e. The van der Waals surface area contributed by atoms with Crippen molar-refractivity contribution in [3.8, 4) is 11.4 Å². The lowest BCUT2D eigenvalue weighted by Crippen LogP contribution is -2.54. The van der Waals surface area contributed by atoms with Gasteiger partial charge in [-0.25, -0.2) is 14.3 Å². The van der Waals surface area contributed by atoms with Crippen molar-refractivity contribution in [2.24, 2.45) is 0 Å². The molecule has 1 aromatic carbocycles. The van der Waals surface area contributed by atoms with E-state index < -0.39 is 5.82 Å². The highest BCUT2D eigenvalue weighted by Crippen LogP contribution is 2.32. The number of aromatic amines is 1. The van der Waals surface area contributed by atoms with Gasteiger partial charge in [-0.3, -0.25) is 0 Å². The molecule has 2 fully saturated rings. The van der Waals surface area contributed by atoms with Crippen molar-refractivity contribution in [1.82, 2.24) is 41.0 Å². The first-order chi connectivity index (χ1) is 16.5. The van der Waals surface area contributed by atoms with Crippen LogP contribution < -0.4 is 10.2 Å². The minimum Gasteiger partial charge on any atom is -0.353 e. The predicted octanol–water partition coefficient (Wildman–Crippen LogP) is 3.10. The molecular formula is C22H25ClFN9O. The maximum atomic E-state index is 14.3. The summed E-state index contributed by atoms with van der Waals surface area (Å²) in [5.74, 6) is 0.819. The average Bonchev–Trinajstić information content (AvgIpc) is 3.51. The molecule has 0 radical (unpaired) electrons. The third-order valence-electron chi connectivity index (χ3n) is 6.31. The topological polar surface area (TPSA) is 116 Å². The second-order valence-corrected chi connectivity index (χ2v) is 9.19. The van der Waals surface area contributed by atoms with Gasteiger partial charge in [0.15, 0.2) is 11.6 Å². The van der Waals surface area contributed by atoms with Gasteiger partial charge in [0, 0.05) is 41.8 Å². The Labute approximate surface area is 200 Å². The molecule has 178 valence electrons. The summed E-state index contributed by atoms with van der Waals surface area (Å²) < 4.78 is 14.3. The molecule has 1 saturated heterocycles. The fraction of sp³-hybridized carbons (Fsp3) is 0.455. The normalized spacial score (nSPS) is 18.1. The van der Waals surface area contributed by atoms with Gasteiger partial charge < -0.3 is 15.1 Å². The number of halogens is 2. The van der Waals surface area contributed by atoms with Crippen molar-refractivity contribution in [2.45, 2.75) is 51.2 Å². The van der Waals surface area contributed by atoms with Gasteiger partial charge in [0.05, 0.1) is 12.2 Å². The Hall–Kier alpha value is -3.34. The number of carbonyl (C=O) groups excluding carboxylic acids is 1. The molecule has 2 N–H and O–H groups in total. The van der Waals surface area contributed by atoms with Gasteiger partial charge in [-0.05, 0) is 66.8 Å². The fourth-order valence-corrected chi connectivity index (χ4v) is 4.56. The van der Waals surface area contributed by atoms with Gasteiger partial charge in [-0.2, -0.15) is 5.10 Å². The van der Waals surface area contributed by atoms with Gasteiger partial charge in [0.2, 0.25) is 0 Å². The minimum atomic E-state index is -0.418. The van der Waals surface area contributed by atoms with Crippen molar-refractivity contribution in [1.29, 1.82) is 0 Å². The van der Waals surface area contributed by atoms with E-state index in [1.807, 2.05) is 17.9 Å². The third-order valence-corrected chi connectivity index (χ3v) is 6.71. The summed E-state index contributed by atoms with van der Waals surface area (Å²) in [6.07, 6.45) is 5.38. The summed E-state index contributed by atoms with van der Waals surface area (Å²) >= 11 is 5.99. The zero-order valence-electron chi connectivity index (χ0n) is 18.7. The first-order valence-corrected chi connectivity index (χ1v) is 11.7. The molecule has 3 heterocycles. The van der Waals surface area contributed by atoms with Crippen LogP contribution in [0.3, 0.4) is 0 Å². The van der Waals surface area contributed by atoms with Gasteiger partial charge in [-0.15, -0.1) is 10.2 Å². The van der Waals surface area contributed by atoms with Crippen LogP contribution in [0.25, 0.3) is 11.4 Å². The van der Waals surface area contributed by atoms with Crippen LogP contribution in [-0.2, 0) is 6.54 Å². The summed E-state index contributed by atoms with van der Waals surface area (Å²) in [7, 11) is 0. The Balaban J connectivity index is 1.28. The number of hydrogen-bond donors (Lipinski definition) is 2. The Morgan fingerprint density at radius 3 is 2.88 bits per heavy atom. The number of rotatable bonds is 6. The van der Waals surface area contributed by atoms with Crippen molar-refractivity contribution >= 4 is 23.4 Å².